The largest absolute Gasteiger partial charge is 0.392 e. The highest BCUT2D eigenvalue weighted by Gasteiger charge is 2.18. The number of aromatic nitrogens is 2. The van der Waals surface area contributed by atoms with Crippen LogP contribution in [0, 0.1) is 6.92 Å². The number of para-hydroxylation sites is 4. The Morgan fingerprint density at radius 3 is 1.36 bits per heavy atom. The maximum absolute atomic E-state index is 12.6. The molecule has 0 aliphatic rings. The Balaban J connectivity index is 0.000000195. The first-order valence-corrected chi connectivity index (χ1v) is 20.3. The zero-order chi connectivity index (χ0) is 37.4. The van der Waals surface area contributed by atoms with Crippen LogP contribution >= 0.6 is 31.9 Å². The second-order valence-electron chi connectivity index (χ2n) is 13.0. The van der Waals surface area contributed by atoms with Crippen molar-refractivity contribution < 1.29 is 19.1 Å². The molecule has 0 spiro atoms. The highest BCUT2D eigenvalue weighted by atomic mass is 79.9. The van der Waals surface area contributed by atoms with E-state index in [0.717, 1.165) is 48.0 Å². The Labute approximate surface area is 339 Å². The van der Waals surface area contributed by atoms with Gasteiger partial charge in [-0.1, -0.05) is 130 Å². The Kier molecular flexibility index (Phi) is 11.1. The summed E-state index contributed by atoms with van der Waals surface area (Å²) >= 11 is 7.03. The van der Waals surface area contributed by atoms with Crippen LogP contribution in [0.15, 0.2) is 172 Å². The van der Waals surface area contributed by atoms with Crippen molar-refractivity contribution >= 4 is 85.6 Å². The third-order valence-electron chi connectivity index (χ3n) is 9.58. The maximum Gasteiger partial charge on any atom is 0.297 e. The lowest BCUT2D eigenvalue weighted by molar-refractivity contribution is 0.281. The molecule has 2 aromatic heterocycles. The van der Waals surface area contributed by atoms with Crippen molar-refractivity contribution in [3.05, 3.63) is 183 Å². The standard InChI is InChI=1S/C26H20BrNO3S.C19H14BrNO.CH4.H2/c1-18-10-13-21(14-11-18)32(29,30)31-17-19-16-20(12-15-24(19)27)28-25-8-4-2-6-22(25)23-7-3-5-9-26(23)28;20-17-10-9-14(11-13(17)12-22)21-18-7-3-1-5-15(18)16-6-2-4-8-19(16)21;;/h2-16H,17H2,1H3;1-11,22H,12H2;1H4;1H/i;;;1+1. The van der Waals surface area contributed by atoms with Crippen LogP contribution in [-0.4, -0.2) is 22.7 Å². The van der Waals surface area contributed by atoms with Gasteiger partial charge in [0.05, 0.1) is 40.2 Å². The summed E-state index contributed by atoms with van der Waals surface area (Å²) < 4.78 is 36.9. The van der Waals surface area contributed by atoms with Gasteiger partial charge in [-0.2, -0.15) is 8.42 Å². The van der Waals surface area contributed by atoms with Gasteiger partial charge in [-0.15, -0.1) is 0 Å². The molecule has 7 aromatic carbocycles. The van der Waals surface area contributed by atoms with Crippen LogP contribution in [0.25, 0.3) is 55.0 Å². The minimum atomic E-state index is -3.86. The van der Waals surface area contributed by atoms with Crippen LogP contribution in [0.3, 0.4) is 0 Å². The minimum Gasteiger partial charge on any atom is -0.392 e. The van der Waals surface area contributed by atoms with E-state index in [2.05, 4.69) is 120 Å². The minimum absolute atomic E-state index is 0. The molecule has 6 nitrogen and oxygen atoms in total. The van der Waals surface area contributed by atoms with Crippen LogP contribution in [-0.2, 0) is 27.5 Å². The summed E-state index contributed by atoms with van der Waals surface area (Å²) in [5.74, 6) is 0. The number of benzene rings is 7. The van der Waals surface area contributed by atoms with E-state index >= 15 is 0 Å². The van der Waals surface area contributed by atoms with Gasteiger partial charge >= 0.3 is 0 Å². The third-order valence-corrected chi connectivity index (χ3v) is 12.4. The Morgan fingerprint density at radius 2 is 0.945 bits per heavy atom. The molecule has 0 unspecified atom stereocenters. The lowest BCUT2D eigenvalue weighted by Gasteiger charge is -2.12. The van der Waals surface area contributed by atoms with Gasteiger partial charge in [0.25, 0.3) is 10.1 Å². The fourth-order valence-corrected chi connectivity index (χ4v) is 8.57. The SMILES string of the molecule is C.Cc1ccc(S(=O)(=O)OCc2cc(-n3c4ccccc4c4ccccc43)ccc2Br)cc1.OCc1cc(-n2c3ccccc3c3ccccc32)ccc1Br.[2HH]. The van der Waals surface area contributed by atoms with Gasteiger partial charge in [0.15, 0.2) is 0 Å². The van der Waals surface area contributed by atoms with E-state index in [4.69, 9.17) is 4.18 Å². The van der Waals surface area contributed by atoms with Crippen molar-refractivity contribution in [3.8, 4) is 11.4 Å². The number of hydrogen-bond acceptors (Lipinski definition) is 4. The lowest BCUT2D eigenvalue weighted by Crippen LogP contribution is -2.07. The number of nitrogens with zero attached hydrogens (tertiary/aromatic N) is 2. The zero-order valence-electron chi connectivity index (χ0n) is 29.2. The molecule has 9 rings (SSSR count). The number of fused-ring (bicyclic) bond motifs is 6. The number of hydrogen-bond donors (Lipinski definition) is 1. The molecule has 0 radical (unpaired) electrons. The molecule has 278 valence electrons. The van der Waals surface area contributed by atoms with E-state index in [-0.39, 0.29) is 27.0 Å². The summed E-state index contributed by atoms with van der Waals surface area (Å²) in [6.45, 7) is 1.86. The lowest BCUT2D eigenvalue weighted by atomic mass is 10.2. The molecule has 9 aromatic rings. The second-order valence-corrected chi connectivity index (χ2v) is 16.3. The van der Waals surface area contributed by atoms with Crippen molar-refractivity contribution in [2.24, 2.45) is 0 Å². The van der Waals surface area contributed by atoms with Crippen LogP contribution in [0.4, 0.5) is 0 Å². The predicted octanol–water partition coefficient (Wildman–Crippen LogP) is 12.7. The first kappa shape index (κ1) is 38.3. The van der Waals surface area contributed by atoms with Gasteiger partial charge in [0.2, 0.25) is 0 Å². The van der Waals surface area contributed by atoms with Crippen LogP contribution < -0.4 is 0 Å². The first-order chi connectivity index (χ1) is 26.2. The number of aliphatic hydroxyl groups excluding tert-OH is 1. The van der Waals surface area contributed by atoms with Gasteiger partial charge in [-0.05, 0) is 90.8 Å². The van der Waals surface area contributed by atoms with Crippen molar-refractivity contribution in [1.82, 2.24) is 9.13 Å². The summed E-state index contributed by atoms with van der Waals surface area (Å²) in [7, 11) is -3.86. The van der Waals surface area contributed by atoms with E-state index in [0.29, 0.717) is 0 Å². The normalized spacial score (nSPS) is 11.5. The van der Waals surface area contributed by atoms with Crippen LogP contribution in [0.5, 0.6) is 0 Å². The molecule has 1 N–H and O–H groups in total. The smallest absolute Gasteiger partial charge is 0.297 e. The topological polar surface area (TPSA) is 73.5 Å². The maximum atomic E-state index is 12.6. The summed E-state index contributed by atoms with van der Waals surface area (Å²) in [6.07, 6.45) is 0. The Hall–Kier alpha value is -5.03. The molecule has 0 bridgehead atoms. The summed E-state index contributed by atoms with van der Waals surface area (Å²) in [4.78, 5) is 0.151. The number of halogens is 2. The van der Waals surface area contributed by atoms with Gasteiger partial charge < -0.3 is 14.2 Å². The van der Waals surface area contributed by atoms with E-state index in [1.807, 2.05) is 61.5 Å². The zero-order valence-corrected chi connectivity index (χ0v) is 33.1. The number of aliphatic hydroxyl groups is 1. The summed E-state index contributed by atoms with van der Waals surface area (Å²) in [5.41, 5.74) is 9.17. The Morgan fingerprint density at radius 1 is 0.564 bits per heavy atom. The quantitative estimate of drug-likeness (QED) is 0.162. The summed E-state index contributed by atoms with van der Waals surface area (Å²) in [6, 6.07) is 52.0. The molecule has 2 heterocycles. The van der Waals surface area contributed by atoms with Crippen molar-refractivity contribution in [1.29, 1.82) is 0 Å². The van der Waals surface area contributed by atoms with Crippen LogP contribution in [0.2, 0.25) is 0 Å². The van der Waals surface area contributed by atoms with Crippen molar-refractivity contribution in [2.45, 2.75) is 32.5 Å². The second kappa shape index (κ2) is 16.0. The van der Waals surface area contributed by atoms with E-state index in [1.54, 1.807) is 24.3 Å². The van der Waals surface area contributed by atoms with Gasteiger partial charge in [0.1, 0.15) is 0 Å². The molecule has 0 amide bonds. The van der Waals surface area contributed by atoms with E-state index < -0.39 is 10.1 Å². The van der Waals surface area contributed by atoms with Gasteiger partial charge in [0, 0.05) is 43.3 Å². The highest BCUT2D eigenvalue weighted by molar-refractivity contribution is 9.10. The molecule has 0 aliphatic carbocycles. The monoisotopic (exact) mass is 875 g/mol. The average molecular weight is 878 g/mol. The summed E-state index contributed by atoms with van der Waals surface area (Å²) in [5, 5.41) is 14.4. The highest BCUT2D eigenvalue weighted by Crippen LogP contribution is 2.35. The molecule has 0 saturated carbocycles. The van der Waals surface area contributed by atoms with Gasteiger partial charge in [-0.3, -0.25) is 4.18 Å². The molecular formula is C46H40Br2N2O4S. The molecule has 0 atom stereocenters. The van der Waals surface area contributed by atoms with Crippen LogP contribution in [0.1, 0.15) is 25.5 Å². The van der Waals surface area contributed by atoms with Crippen molar-refractivity contribution in [3.63, 3.8) is 0 Å². The fourth-order valence-electron chi connectivity index (χ4n) is 6.95. The number of rotatable bonds is 7. The predicted molar refractivity (Wildman–Crippen MR) is 235 cm³/mol. The molecule has 0 saturated heterocycles. The number of aryl methyl sites for hydroxylation is 1. The van der Waals surface area contributed by atoms with Crippen molar-refractivity contribution in [2.75, 3.05) is 0 Å². The third kappa shape index (κ3) is 7.38. The Bertz CT molecular complexity index is 2840. The molecule has 9 heteroatoms. The first-order valence-electron chi connectivity index (χ1n) is 17.3. The molecule has 0 fully saturated rings. The average Bonchev–Trinajstić information content (AvgIpc) is 3.72. The molecule has 0 aliphatic heterocycles. The van der Waals surface area contributed by atoms with E-state index in [1.165, 1.54) is 32.6 Å². The van der Waals surface area contributed by atoms with E-state index in [9.17, 15) is 13.5 Å². The molecular weight excluding hydrogens is 836 g/mol. The van der Waals surface area contributed by atoms with Gasteiger partial charge in [-0.25, -0.2) is 0 Å². The molecule has 55 heavy (non-hydrogen) atoms. The fraction of sp³-hybridized carbons (Fsp3) is 0.0870.